The smallest absolute Gasteiger partial charge is 0.337 e. The summed E-state index contributed by atoms with van der Waals surface area (Å²) in [5, 5.41) is 10.6. The largest absolute Gasteiger partial charge is 0.478 e. The fourth-order valence-electron chi connectivity index (χ4n) is 2.90. The van der Waals surface area contributed by atoms with Crippen molar-refractivity contribution in [2.45, 2.75) is 39.7 Å². The zero-order valence-electron chi connectivity index (χ0n) is 12.6. The lowest BCUT2D eigenvalue weighted by atomic mass is 9.76. The molecule has 0 atom stereocenters. The third-order valence-electron chi connectivity index (χ3n) is 4.02. The van der Waals surface area contributed by atoms with Gasteiger partial charge in [0.25, 0.3) is 0 Å². The summed E-state index contributed by atoms with van der Waals surface area (Å²) in [5.74, 6) is 4.49. The molecule has 0 amide bonds. The summed E-state index contributed by atoms with van der Waals surface area (Å²) < 4.78 is 0. The van der Waals surface area contributed by atoms with Crippen molar-refractivity contribution >= 4 is 28.6 Å². The molecular weight excluding hydrogens is 318 g/mol. The van der Waals surface area contributed by atoms with E-state index in [1.54, 1.807) is 17.5 Å². The molecule has 5 nitrogen and oxygen atoms in total. The van der Waals surface area contributed by atoms with E-state index >= 15 is 0 Å². The molecule has 1 aliphatic rings. The van der Waals surface area contributed by atoms with E-state index in [9.17, 15) is 9.90 Å². The number of rotatable bonds is 4. The van der Waals surface area contributed by atoms with E-state index in [1.165, 1.54) is 16.2 Å². The Balaban J connectivity index is 2.08. The number of thiazole rings is 1. The zero-order chi connectivity index (χ0) is 15.9. The predicted octanol–water partition coefficient (Wildman–Crippen LogP) is 3.05. The number of carboxylic acid groups (broad SMARTS) is 1. The molecule has 118 valence electrons. The average molecular weight is 337 g/mol. The number of nitrogens with two attached hydrogens (primary N) is 1. The first-order valence-corrected chi connectivity index (χ1v) is 8.81. The van der Waals surface area contributed by atoms with Crippen molar-refractivity contribution in [2.24, 2.45) is 11.3 Å². The molecule has 2 aromatic rings. The lowest BCUT2D eigenvalue weighted by molar-refractivity contribution is 0.0696. The van der Waals surface area contributed by atoms with E-state index in [1.807, 2.05) is 0 Å². The average Bonchev–Trinajstić information content (AvgIpc) is 3.01. The van der Waals surface area contributed by atoms with Gasteiger partial charge in [-0.1, -0.05) is 13.8 Å². The third kappa shape index (κ3) is 2.81. The van der Waals surface area contributed by atoms with Crippen molar-refractivity contribution < 1.29 is 9.90 Å². The number of thiophene rings is 1. The Morgan fingerprint density at radius 1 is 1.50 bits per heavy atom. The van der Waals surface area contributed by atoms with Gasteiger partial charge in [-0.3, -0.25) is 11.3 Å². The lowest BCUT2D eigenvalue weighted by Gasteiger charge is -2.29. The summed E-state index contributed by atoms with van der Waals surface area (Å²) in [7, 11) is 0. The van der Waals surface area contributed by atoms with Gasteiger partial charge in [0.05, 0.1) is 21.9 Å². The first kappa shape index (κ1) is 15.6. The minimum atomic E-state index is -0.836. The van der Waals surface area contributed by atoms with Gasteiger partial charge in [-0.05, 0) is 30.2 Å². The molecule has 0 aromatic carbocycles. The predicted molar refractivity (Wildman–Crippen MR) is 89.2 cm³/mol. The van der Waals surface area contributed by atoms with Crippen LogP contribution in [0.3, 0.4) is 0 Å². The highest BCUT2D eigenvalue weighted by Crippen LogP contribution is 2.46. The summed E-state index contributed by atoms with van der Waals surface area (Å²) in [6.45, 7) is 4.90. The van der Waals surface area contributed by atoms with Gasteiger partial charge in [-0.25, -0.2) is 9.78 Å². The topological polar surface area (TPSA) is 88.2 Å². The molecule has 0 aliphatic heterocycles. The number of aromatic carboxylic acids is 1. The number of aryl methyl sites for hydroxylation is 1. The van der Waals surface area contributed by atoms with Crippen molar-refractivity contribution in [1.29, 1.82) is 0 Å². The fraction of sp³-hybridized carbons (Fsp3) is 0.467. The summed E-state index contributed by atoms with van der Waals surface area (Å²) in [4.78, 5) is 19.1. The number of aromatic nitrogens is 1. The van der Waals surface area contributed by atoms with Gasteiger partial charge in [0, 0.05) is 11.1 Å². The molecule has 0 fully saturated rings. The van der Waals surface area contributed by atoms with Crippen LogP contribution in [0, 0.1) is 5.41 Å². The Morgan fingerprint density at radius 2 is 2.27 bits per heavy atom. The van der Waals surface area contributed by atoms with Crippen LogP contribution >= 0.6 is 22.7 Å². The second-order valence-corrected chi connectivity index (χ2v) is 8.57. The summed E-state index contributed by atoms with van der Waals surface area (Å²) in [5.41, 5.74) is 4.24. The highest BCUT2D eigenvalue weighted by Gasteiger charge is 2.33. The summed E-state index contributed by atoms with van der Waals surface area (Å²) >= 11 is 3.11. The van der Waals surface area contributed by atoms with Crippen molar-refractivity contribution in [3.05, 3.63) is 27.2 Å². The Morgan fingerprint density at radius 3 is 2.95 bits per heavy atom. The quantitative estimate of drug-likeness (QED) is 0.589. The highest BCUT2D eigenvalue weighted by atomic mass is 32.1. The molecule has 2 heterocycles. The maximum Gasteiger partial charge on any atom is 0.337 e. The second-order valence-electron chi connectivity index (χ2n) is 6.35. The molecule has 0 unspecified atom stereocenters. The molecule has 0 spiro atoms. The number of hydrogen-bond donors (Lipinski definition) is 3. The van der Waals surface area contributed by atoms with E-state index in [4.69, 9.17) is 5.84 Å². The van der Waals surface area contributed by atoms with E-state index in [0.29, 0.717) is 12.1 Å². The number of carbonyl (C=O) groups is 1. The van der Waals surface area contributed by atoms with Crippen LogP contribution in [0.2, 0.25) is 0 Å². The van der Waals surface area contributed by atoms with Crippen molar-refractivity contribution in [3.63, 3.8) is 0 Å². The Kier molecular flexibility index (Phi) is 4.07. The molecule has 3 rings (SSSR count). The molecule has 0 saturated heterocycles. The number of carboxylic acids is 1. The standard InChI is InChI=1S/C15H19N3O2S2/c1-15(2)4-3-9-8(5-15)12(14(19)20)13(22-9)10-6-17-11(21-10)7-18-16/h6,18H,3-5,7,16H2,1-2H3,(H,19,20). The maximum absolute atomic E-state index is 11.8. The summed E-state index contributed by atoms with van der Waals surface area (Å²) in [6.07, 6.45) is 4.65. The van der Waals surface area contributed by atoms with E-state index in [2.05, 4.69) is 24.3 Å². The van der Waals surface area contributed by atoms with Gasteiger partial charge in [0.1, 0.15) is 5.01 Å². The number of hydrazine groups is 1. The first-order chi connectivity index (χ1) is 10.4. The Bertz CT molecular complexity index is 718. The Labute approximate surface area is 137 Å². The molecule has 4 N–H and O–H groups in total. The van der Waals surface area contributed by atoms with Crippen LogP contribution in [0.4, 0.5) is 0 Å². The zero-order valence-corrected chi connectivity index (χ0v) is 14.2. The molecule has 22 heavy (non-hydrogen) atoms. The molecular formula is C15H19N3O2S2. The van der Waals surface area contributed by atoms with E-state index < -0.39 is 5.97 Å². The van der Waals surface area contributed by atoms with Crippen molar-refractivity contribution in [2.75, 3.05) is 0 Å². The van der Waals surface area contributed by atoms with Gasteiger partial charge in [0.15, 0.2) is 0 Å². The minimum absolute atomic E-state index is 0.165. The lowest BCUT2D eigenvalue weighted by Crippen LogP contribution is -2.22. The van der Waals surface area contributed by atoms with Crippen molar-refractivity contribution in [3.8, 4) is 9.75 Å². The SMILES string of the molecule is CC1(C)CCc2sc(-c3cnc(CNN)s3)c(C(=O)O)c2C1. The highest BCUT2D eigenvalue weighted by molar-refractivity contribution is 7.22. The van der Waals surface area contributed by atoms with Crippen LogP contribution in [0.15, 0.2) is 6.20 Å². The number of hydrogen-bond acceptors (Lipinski definition) is 6. The van der Waals surface area contributed by atoms with Crippen LogP contribution in [0.1, 0.15) is 46.1 Å². The second kappa shape index (κ2) is 5.73. The number of fused-ring (bicyclic) bond motifs is 1. The molecule has 7 heteroatoms. The summed E-state index contributed by atoms with van der Waals surface area (Å²) in [6, 6.07) is 0. The minimum Gasteiger partial charge on any atom is -0.478 e. The third-order valence-corrected chi connectivity index (χ3v) is 6.49. The van der Waals surface area contributed by atoms with E-state index in [-0.39, 0.29) is 5.41 Å². The molecule has 0 bridgehead atoms. The van der Waals surface area contributed by atoms with Crippen LogP contribution in [0.5, 0.6) is 0 Å². The molecule has 1 aliphatic carbocycles. The monoisotopic (exact) mass is 337 g/mol. The van der Waals surface area contributed by atoms with Gasteiger partial charge >= 0.3 is 5.97 Å². The number of nitrogens with one attached hydrogen (secondary N) is 1. The van der Waals surface area contributed by atoms with E-state index in [0.717, 1.165) is 39.6 Å². The fourth-order valence-corrected chi connectivity index (χ4v) is 5.18. The van der Waals surface area contributed by atoms with Gasteiger partial charge < -0.3 is 5.11 Å². The number of nitrogens with zero attached hydrogens (tertiary/aromatic N) is 1. The van der Waals surface area contributed by atoms with Crippen LogP contribution in [-0.4, -0.2) is 16.1 Å². The molecule has 0 saturated carbocycles. The maximum atomic E-state index is 11.8. The van der Waals surface area contributed by atoms with Crippen LogP contribution < -0.4 is 11.3 Å². The van der Waals surface area contributed by atoms with Gasteiger partial charge in [-0.2, -0.15) is 0 Å². The van der Waals surface area contributed by atoms with Crippen LogP contribution in [-0.2, 0) is 19.4 Å². The Hall–Kier alpha value is -1.28. The molecule has 0 radical (unpaired) electrons. The molecule has 2 aromatic heterocycles. The van der Waals surface area contributed by atoms with Crippen LogP contribution in [0.25, 0.3) is 9.75 Å². The van der Waals surface area contributed by atoms with Gasteiger partial charge in [-0.15, -0.1) is 22.7 Å². The van der Waals surface area contributed by atoms with Crippen molar-refractivity contribution in [1.82, 2.24) is 10.4 Å². The normalized spacial score (nSPS) is 16.5. The van der Waals surface area contributed by atoms with Gasteiger partial charge in [0.2, 0.25) is 0 Å². The first-order valence-electron chi connectivity index (χ1n) is 7.17.